The van der Waals surface area contributed by atoms with Crippen molar-refractivity contribution in [2.75, 3.05) is 0 Å². The monoisotopic (exact) mass is 580 g/mol. The van der Waals surface area contributed by atoms with E-state index in [0.29, 0.717) is 20.1 Å². The highest BCUT2D eigenvalue weighted by Crippen LogP contribution is 2.52. The summed E-state index contributed by atoms with van der Waals surface area (Å²) in [5, 5.41) is 10.4. The number of carbonyl (C=O) groups is 1. The van der Waals surface area contributed by atoms with Crippen molar-refractivity contribution in [3.63, 3.8) is 0 Å². The van der Waals surface area contributed by atoms with E-state index in [1.54, 1.807) is 0 Å². The fraction of sp³-hybridized carbons (Fsp3) is 0.194. The van der Waals surface area contributed by atoms with Gasteiger partial charge in [0.25, 0.3) is 0 Å². The van der Waals surface area contributed by atoms with Gasteiger partial charge in [-0.2, -0.15) is 0 Å². The molecule has 6 rings (SSSR count). The summed E-state index contributed by atoms with van der Waals surface area (Å²) in [4.78, 5) is 14.6. The van der Waals surface area contributed by atoms with Crippen molar-refractivity contribution in [3.8, 4) is 0 Å². The zero-order valence-corrected chi connectivity index (χ0v) is 23.1. The summed E-state index contributed by atoms with van der Waals surface area (Å²) >= 11 is 24.9. The first-order valence-corrected chi connectivity index (χ1v) is 14.0. The zero-order valence-electron chi connectivity index (χ0n) is 20.1. The molecule has 0 aliphatic carbocycles. The summed E-state index contributed by atoms with van der Waals surface area (Å²) in [6, 6.07) is 30.0. The lowest BCUT2D eigenvalue weighted by Crippen LogP contribution is -2.60. The smallest absolute Gasteiger partial charge is 0.146 e. The van der Waals surface area contributed by atoms with Gasteiger partial charge in [0.15, 0.2) is 0 Å². The number of hydrogen-bond acceptors (Lipinski definition) is 3. The van der Waals surface area contributed by atoms with E-state index in [9.17, 15) is 4.79 Å². The summed E-state index contributed by atoms with van der Waals surface area (Å²) < 4.78 is 0. The lowest BCUT2D eigenvalue weighted by Gasteiger charge is -2.52. The number of halogens is 4. The average Bonchev–Trinajstić information content (AvgIpc) is 2.91. The maximum absolute atomic E-state index is 14.6. The first-order valence-electron chi connectivity index (χ1n) is 12.5. The molecule has 2 heterocycles. The molecule has 2 N–H and O–H groups in total. The van der Waals surface area contributed by atoms with Crippen molar-refractivity contribution in [2.45, 2.75) is 24.2 Å². The van der Waals surface area contributed by atoms with Gasteiger partial charge in [-0.3, -0.25) is 4.79 Å². The summed E-state index contributed by atoms with van der Waals surface area (Å²) in [7, 11) is 0. The Balaban J connectivity index is 1.51. The van der Waals surface area contributed by atoms with Crippen molar-refractivity contribution < 1.29 is 4.79 Å². The second-order valence-electron chi connectivity index (χ2n) is 9.90. The van der Waals surface area contributed by atoms with Crippen molar-refractivity contribution in [3.05, 3.63) is 139 Å². The number of nitrogens with one attached hydrogen (secondary N) is 2. The highest BCUT2D eigenvalue weighted by Gasteiger charge is 2.55. The summed E-state index contributed by atoms with van der Waals surface area (Å²) in [5.41, 5.74) is 4.04. The molecule has 0 spiro atoms. The highest BCUT2D eigenvalue weighted by molar-refractivity contribution is 6.31. The van der Waals surface area contributed by atoms with Crippen LogP contribution in [-0.2, 0) is 4.79 Å². The molecule has 0 saturated carbocycles. The molecule has 4 aromatic carbocycles. The number of benzene rings is 4. The van der Waals surface area contributed by atoms with Gasteiger partial charge in [0.1, 0.15) is 5.78 Å². The lowest BCUT2D eigenvalue weighted by atomic mass is 9.64. The van der Waals surface area contributed by atoms with Crippen molar-refractivity contribution in [2.24, 2.45) is 11.8 Å². The van der Waals surface area contributed by atoms with E-state index in [2.05, 4.69) is 10.6 Å². The SMILES string of the molecule is O=C1C2[C@@H](c3ccc(Cl)cc3)N[C@@H](c3ccc(Cl)cc3)C1[C@H](c1ccc(Cl)cc1)N[C@H]2c1ccc(Cl)cc1. The Morgan fingerprint density at radius 2 is 0.605 bits per heavy atom. The second kappa shape index (κ2) is 10.7. The number of ketones is 1. The molecule has 0 radical (unpaired) electrons. The average molecular weight is 582 g/mol. The Morgan fingerprint density at radius 1 is 0.395 bits per heavy atom. The number of carbonyl (C=O) groups excluding carboxylic acids is 1. The molecule has 0 aromatic heterocycles. The lowest BCUT2D eigenvalue weighted by molar-refractivity contribution is -0.139. The molecule has 3 nitrogen and oxygen atoms in total. The standard InChI is InChI=1S/C31H24Cl4N2O/c32-21-9-1-17(2-10-21)27-25-28(18-3-11-22(33)12-4-18)37-30(20-7-15-24(35)16-8-20)26(31(25)38)29(36-27)19-5-13-23(34)14-6-19/h1-16,25-30,36-37H/t25?,26?,27-,28-,29-,30+/m0/s1. The summed E-state index contributed by atoms with van der Waals surface area (Å²) in [5.74, 6) is -0.494. The second-order valence-corrected chi connectivity index (χ2v) is 11.6. The number of Topliss-reactive ketones (excluding diaryl/α,β-unsaturated/α-hetero) is 1. The van der Waals surface area contributed by atoms with E-state index in [0.717, 1.165) is 22.3 Å². The Labute approximate surface area is 242 Å². The first kappa shape index (κ1) is 25.9. The number of piperidine rings is 2. The molecule has 2 aliphatic rings. The third-order valence-corrected chi connectivity index (χ3v) is 8.74. The Bertz CT molecular complexity index is 1230. The van der Waals surface area contributed by atoms with E-state index in [1.165, 1.54) is 0 Å². The van der Waals surface area contributed by atoms with Gasteiger partial charge in [-0.25, -0.2) is 0 Å². The number of rotatable bonds is 4. The number of hydrogen-bond donors (Lipinski definition) is 2. The van der Waals surface area contributed by atoms with Crippen LogP contribution in [0.2, 0.25) is 20.1 Å². The van der Waals surface area contributed by atoms with Crippen LogP contribution in [0.15, 0.2) is 97.1 Å². The fourth-order valence-electron chi connectivity index (χ4n) is 5.96. The molecule has 0 amide bonds. The largest absolute Gasteiger partial charge is 0.302 e. The molecule has 2 fully saturated rings. The third-order valence-electron chi connectivity index (χ3n) is 7.73. The molecule has 2 unspecified atom stereocenters. The van der Waals surface area contributed by atoms with Crippen LogP contribution in [0.5, 0.6) is 0 Å². The van der Waals surface area contributed by atoms with Crippen molar-refractivity contribution >= 4 is 52.2 Å². The molecule has 6 atom stereocenters. The van der Waals surface area contributed by atoms with Crippen LogP contribution in [0.25, 0.3) is 0 Å². The van der Waals surface area contributed by atoms with E-state index in [1.807, 2.05) is 97.1 Å². The summed E-state index contributed by atoms with van der Waals surface area (Å²) in [6.45, 7) is 0. The van der Waals surface area contributed by atoms with Gasteiger partial charge < -0.3 is 10.6 Å². The summed E-state index contributed by atoms with van der Waals surface area (Å²) in [6.07, 6.45) is 0. The highest BCUT2D eigenvalue weighted by atomic mass is 35.5. The van der Waals surface area contributed by atoms with Crippen LogP contribution >= 0.6 is 46.4 Å². The number of fused-ring (bicyclic) bond motifs is 2. The van der Waals surface area contributed by atoms with Crippen molar-refractivity contribution in [1.29, 1.82) is 0 Å². The van der Waals surface area contributed by atoms with Gasteiger partial charge in [0, 0.05) is 44.3 Å². The third kappa shape index (κ3) is 4.88. The van der Waals surface area contributed by atoms with E-state index < -0.39 is 0 Å². The molecule has 4 aromatic rings. The minimum Gasteiger partial charge on any atom is -0.302 e. The van der Waals surface area contributed by atoms with Gasteiger partial charge in [-0.05, 0) is 70.8 Å². The van der Waals surface area contributed by atoms with E-state index >= 15 is 0 Å². The minimum absolute atomic E-state index is 0.210. The molecule has 38 heavy (non-hydrogen) atoms. The zero-order chi connectivity index (χ0) is 26.4. The van der Waals surface area contributed by atoms with Gasteiger partial charge in [0.05, 0.1) is 11.8 Å². The van der Waals surface area contributed by atoms with Gasteiger partial charge >= 0.3 is 0 Å². The van der Waals surface area contributed by atoms with Crippen LogP contribution in [0, 0.1) is 11.8 Å². The molecular weight excluding hydrogens is 558 g/mol. The quantitative estimate of drug-likeness (QED) is 0.253. The van der Waals surface area contributed by atoms with Crippen LogP contribution in [-0.4, -0.2) is 5.78 Å². The van der Waals surface area contributed by atoms with Gasteiger partial charge in [-0.15, -0.1) is 0 Å². The predicted octanol–water partition coefficient (Wildman–Crippen LogP) is 8.57. The minimum atomic E-state index is -0.352. The maximum atomic E-state index is 14.6. The Kier molecular flexibility index (Phi) is 7.26. The molecular formula is C31H24Cl4N2O. The molecule has 2 aliphatic heterocycles. The maximum Gasteiger partial charge on any atom is 0.146 e. The van der Waals surface area contributed by atoms with Crippen LogP contribution < -0.4 is 10.6 Å². The normalized spacial score (nSPS) is 26.8. The Morgan fingerprint density at radius 3 is 0.816 bits per heavy atom. The van der Waals surface area contributed by atoms with Gasteiger partial charge in [0.2, 0.25) is 0 Å². The predicted molar refractivity (Wildman–Crippen MR) is 155 cm³/mol. The van der Waals surface area contributed by atoms with Crippen molar-refractivity contribution in [1.82, 2.24) is 10.6 Å². The van der Waals surface area contributed by atoms with E-state index in [4.69, 9.17) is 46.4 Å². The van der Waals surface area contributed by atoms with E-state index in [-0.39, 0.29) is 41.8 Å². The van der Waals surface area contributed by atoms with Crippen LogP contribution in [0.3, 0.4) is 0 Å². The Hall–Kier alpha value is -2.37. The first-order chi connectivity index (χ1) is 18.4. The van der Waals surface area contributed by atoms with Gasteiger partial charge in [-0.1, -0.05) is 94.9 Å². The molecule has 2 bridgehead atoms. The topological polar surface area (TPSA) is 41.1 Å². The fourth-order valence-corrected chi connectivity index (χ4v) is 6.46. The van der Waals surface area contributed by atoms with Crippen LogP contribution in [0.4, 0.5) is 0 Å². The van der Waals surface area contributed by atoms with Crippen LogP contribution in [0.1, 0.15) is 46.4 Å². The molecule has 2 saturated heterocycles. The molecule has 7 heteroatoms. The molecule has 192 valence electrons.